The molecule has 0 aromatic heterocycles. The fourth-order valence-corrected chi connectivity index (χ4v) is 1.32. The van der Waals surface area contributed by atoms with Gasteiger partial charge in [0.2, 0.25) is 0 Å². The molecule has 0 aromatic carbocycles. The number of hydrogen-bond donors (Lipinski definition) is 0. The Labute approximate surface area is 85.6 Å². The topological polar surface area (TPSA) is 26.3 Å². The van der Waals surface area contributed by atoms with Gasteiger partial charge in [0.15, 0.2) is 6.07 Å². The second kappa shape index (κ2) is 8.36. The van der Waals surface area contributed by atoms with E-state index in [0.717, 1.165) is 6.42 Å². The van der Waals surface area contributed by atoms with Crippen molar-refractivity contribution in [3.05, 3.63) is 0 Å². The Morgan fingerprint density at radius 1 is 1.46 bits per heavy atom. The maximum Gasteiger partial charge on any atom is 0.306 e. The van der Waals surface area contributed by atoms with Gasteiger partial charge in [0.05, 0.1) is 0 Å². The summed E-state index contributed by atoms with van der Waals surface area (Å²) in [5, 5.41) is 0. The van der Waals surface area contributed by atoms with Crippen LogP contribution in [-0.4, -0.2) is 12.0 Å². The second-order valence-electron chi connectivity index (χ2n) is 3.41. The van der Waals surface area contributed by atoms with Crippen molar-refractivity contribution in [3.63, 3.8) is 0 Å². The van der Waals surface area contributed by atoms with E-state index in [9.17, 15) is 4.79 Å². The summed E-state index contributed by atoms with van der Waals surface area (Å²) in [4.78, 5) is 10.9. The number of hydrogen-bond acceptors (Lipinski definition) is 2. The molecule has 0 aliphatic rings. The highest BCUT2D eigenvalue weighted by Crippen LogP contribution is 2.14. The van der Waals surface area contributed by atoms with Crippen molar-refractivity contribution >= 4 is 17.6 Å². The lowest BCUT2D eigenvalue weighted by atomic mass is 9.99. The molecule has 0 aromatic rings. The van der Waals surface area contributed by atoms with Gasteiger partial charge >= 0.3 is 5.97 Å². The third-order valence-electron chi connectivity index (χ3n) is 2.11. The molecule has 3 heteroatoms. The molecule has 0 heterocycles. The highest BCUT2D eigenvalue weighted by molar-refractivity contribution is 6.17. The van der Waals surface area contributed by atoms with Crippen molar-refractivity contribution < 1.29 is 9.53 Å². The Hall–Kier alpha value is -0.240. The summed E-state index contributed by atoms with van der Waals surface area (Å²) in [6.07, 6.45) is 5.07. The summed E-state index contributed by atoms with van der Waals surface area (Å²) in [6.45, 7) is 4.35. The highest BCUT2D eigenvalue weighted by Gasteiger charge is 2.06. The molecule has 0 fully saturated rings. The van der Waals surface area contributed by atoms with Crippen molar-refractivity contribution in [3.8, 4) is 0 Å². The van der Waals surface area contributed by atoms with E-state index in [0.29, 0.717) is 12.3 Å². The lowest BCUT2D eigenvalue weighted by Crippen LogP contribution is -2.05. The fraction of sp³-hybridized carbons (Fsp3) is 0.900. The maximum absolute atomic E-state index is 10.9. The predicted octanol–water partition coefficient (Wildman–Crippen LogP) is 3.33. The van der Waals surface area contributed by atoms with Crippen LogP contribution in [0.4, 0.5) is 0 Å². The molecule has 0 bridgehead atoms. The zero-order valence-corrected chi connectivity index (χ0v) is 9.27. The van der Waals surface area contributed by atoms with E-state index in [4.69, 9.17) is 11.6 Å². The molecule has 0 aliphatic carbocycles. The third kappa shape index (κ3) is 8.10. The second-order valence-corrected chi connectivity index (χ2v) is 3.63. The number of carbonyl (C=O) groups excluding carboxylic acids is 1. The minimum absolute atomic E-state index is 0.0256. The largest absolute Gasteiger partial charge is 0.449 e. The standard InChI is InChI=1S/C10H19ClO2/c1-3-4-5-9(2)6-7-10(12)13-8-11/h9H,3-8H2,1-2H3. The Bertz CT molecular complexity index is 137. The molecule has 0 amide bonds. The van der Waals surface area contributed by atoms with Crippen molar-refractivity contribution in [1.82, 2.24) is 0 Å². The van der Waals surface area contributed by atoms with E-state index >= 15 is 0 Å². The van der Waals surface area contributed by atoms with E-state index in [1.54, 1.807) is 0 Å². The van der Waals surface area contributed by atoms with Gasteiger partial charge in [0.25, 0.3) is 0 Å². The van der Waals surface area contributed by atoms with Crippen molar-refractivity contribution in [2.45, 2.75) is 46.0 Å². The van der Waals surface area contributed by atoms with Crippen LogP contribution in [0.1, 0.15) is 46.0 Å². The smallest absolute Gasteiger partial charge is 0.306 e. The van der Waals surface area contributed by atoms with E-state index in [-0.39, 0.29) is 12.0 Å². The minimum atomic E-state index is -0.182. The lowest BCUT2D eigenvalue weighted by Gasteiger charge is -2.09. The van der Waals surface area contributed by atoms with Gasteiger partial charge in [0, 0.05) is 6.42 Å². The van der Waals surface area contributed by atoms with Gasteiger partial charge in [-0.05, 0) is 12.3 Å². The van der Waals surface area contributed by atoms with Crippen LogP contribution in [0.5, 0.6) is 0 Å². The van der Waals surface area contributed by atoms with Gasteiger partial charge in [-0.2, -0.15) is 0 Å². The van der Waals surface area contributed by atoms with Crippen LogP contribution in [0.3, 0.4) is 0 Å². The van der Waals surface area contributed by atoms with Crippen LogP contribution in [-0.2, 0) is 9.53 Å². The van der Waals surface area contributed by atoms with Gasteiger partial charge in [0.1, 0.15) is 0 Å². The Morgan fingerprint density at radius 2 is 2.15 bits per heavy atom. The molecule has 0 rings (SSSR count). The summed E-state index contributed by atoms with van der Waals surface area (Å²) in [5.41, 5.74) is 0. The van der Waals surface area contributed by atoms with Crippen molar-refractivity contribution in [1.29, 1.82) is 0 Å². The molecular weight excluding hydrogens is 188 g/mol. The summed E-state index contributed by atoms with van der Waals surface area (Å²) >= 11 is 5.25. The molecule has 1 unspecified atom stereocenters. The molecular formula is C10H19ClO2. The SMILES string of the molecule is CCCCC(C)CCC(=O)OCCl. The first-order chi connectivity index (χ1) is 6.20. The molecule has 0 N–H and O–H groups in total. The van der Waals surface area contributed by atoms with Gasteiger partial charge in [-0.15, -0.1) is 0 Å². The quantitative estimate of drug-likeness (QED) is 0.472. The first kappa shape index (κ1) is 12.8. The Kier molecular flexibility index (Phi) is 8.21. The summed E-state index contributed by atoms with van der Waals surface area (Å²) < 4.78 is 4.62. The van der Waals surface area contributed by atoms with Crippen LogP contribution < -0.4 is 0 Å². The van der Waals surface area contributed by atoms with E-state index in [1.165, 1.54) is 19.3 Å². The van der Waals surface area contributed by atoms with E-state index < -0.39 is 0 Å². The average Bonchev–Trinajstić information content (AvgIpc) is 2.12. The molecule has 78 valence electrons. The molecule has 0 aliphatic heterocycles. The molecule has 13 heavy (non-hydrogen) atoms. The van der Waals surface area contributed by atoms with Crippen LogP contribution in [0.25, 0.3) is 0 Å². The van der Waals surface area contributed by atoms with Gasteiger partial charge in [-0.3, -0.25) is 4.79 Å². The monoisotopic (exact) mass is 206 g/mol. The first-order valence-electron chi connectivity index (χ1n) is 4.92. The predicted molar refractivity (Wildman–Crippen MR) is 54.7 cm³/mol. The van der Waals surface area contributed by atoms with Crippen molar-refractivity contribution in [2.75, 3.05) is 6.07 Å². The van der Waals surface area contributed by atoms with Crippen LogP contribution in [0, 0.1) is 5.92 Å². The first-order valence-corrected chi connectivity index (χ1v) is 5.45. The molecule has 0 saturated heterocycles. The lowest BCUT2D eigenvalue weighted by molar-refractivity contribution is -0.141. The summed E-state index contributed by atoms with van der Waals surface area (Å²) in [7, 11) is 0. The zero-order valence-electron chi connectivity index (χ0n) is 8.51. The van der Waals surface area contributed by atoms with Gasteiger partial charge in [-0.25, -0.2) is 0 Å². The van der Waals surface area contributed by atoms with Crippen LogP contribution in [0.15, 0.2) is 0 Å². The summed E-state index contributed by atoms with van der Waals surface area (Å²) in [6, 6.07) is -0.0256. The Morgan fingerprint density at radius 3 is 2.69 bits per heavy atom. The van der Waals surface area contributed by atoms with Crippen LogP contribution in [0.2, 0.25) is 0 Å². The molecule has 0 radical (unpaired) electrons. The number of ether oxygens (including phenoxy) is 1. The molecule has 0 spiro atoms. The Balaban J connectivity index is 3.34. The number of alkyl halides is 1. The number of halogens is 1. The average molecular weight is 207 g/mol. The zero-order chi connectivity index (χ0) is 10.1. The minimum Gasteiger partial charge on any atom is -0.449 e. The normalized spacial score (nSPS) is 12.5. The third-order valence-corrected chi connectivity index (χ3v) is 2.22. The summed E-state index contributed by atoms with van der Waals surface area (Å²) in [5.74, 6) is 0.432. The van der Waals surface area contributed by atoms with E-state index in [2.05, 4.69) is 18.6 Å². The van der Waals surface area contributed by atoms with Gasteiger partial charge < -0.3 is 4.74 Å². The van der Waals surface area contributed by atoms with Crippen molar-refractivity contribution in [2.24, 2.45) is 5.92 Å². The number of rotatable bonds is 7. The van der Waals surface area contributed by atoms with Gasteiger partial charge in [-0.1, -0.05) is 44.7 Å². The molecule has 2 nitrogen and oxygen atoms in total. The molecule has 1 atom stereocenters. The molecule has 0 saturated carbocycles. The number of carbonyl (C=O) groups is 1. The fourth-order valence-electron chi connectivity index (χ4n) is 1.19. The van der Waals surface area contributed by atoms with E-state index in [1.807, 2.05) is 0 Å². The maximum atomic E-state index is 10.9. The van der Waals surface area contributed by atoms with Crippen LogP contribution >= 0.6 is 11.6 Å². The highest BCUT2D eigenvalue weighted by atomic mass is 35.5. The number of unbranched alkanes of at least 4 members (excludes halogenated alkanes) is 1. The number of esters is 1.